The van der Waals surface area contributed by atoms with Crippen LogP contribution in [0.4, 0.5) is 5.69 Å². The highest BCUT2D eigenvalue weighted by Gasteiger charge is 2.28. The molecule has 0 radical (unpaired) electrons. The third-order valence-electron chi connectivity index (χ3n) is 2.97. The van der Waals surface area contributed by atoms with Gasteiger partial charge in [0.05, 0.1) is 4.92 Å². The van der Waals surface area contributed by atoms with Crippen LogP contribution < -0.4 is 4.74 Å². The van der Waals surface area contributed by atoms with Crippen LogP contribution in [0.25, 0.3) is 0 Å². The summed E-state index contributed by atoms with van der Waals surface area (Å²) in [6.45, 7) is 0. The number of carbonyl (C=O) groups is 1. The molecule has 1 heterocycles. The smallest absolute Gasteiger partial charge is 0.342 e. The molecule has 108 valence electrons. The van der Waals surface area contributed by atoms with E-state index in [4.69, 9.17) is 9.84 Å². The molecule has 1 aromatic heterocycles. The SMILES string of the molecule is O=C(O)c1cc(Oc2nc(C3CC3)ns2)ccc1[N+](=O)[O-]. The first kappa shape index (κ1) is 13.4. The van der Waals surface area contributed by atoms with E-state index in [1.807, 2.05) is 0 Å². The van der Waals surface area contributed by atoms with E-state index in [1.54, 1.807) is 0 Å². The lowest BCUT2D eigenvalue weighted by Crippen LogP contribution is -2.02. The standard InChI is InChI=1S/C12H9N3O5S/c16-11(17)8-5-7(3-4-9(8)15(18)19)20-12-13-10(14-21-12)6-1-2-6/h3-6H,1-2H2,(H,16,17). The highest BCUT2D eigenvalue weighted by molar-refractivity contribution is 7.07. The van der Waals surface area contributed by atoms with Gasteiger partial charge in [0.2, 0.25) is 0 Å². The largest absolute Gasteiger partial charge is 0.477 e. The molecule has 1 aliphatic rings. The fourth-order valence-corrected chi connectivity index (χ4v) is 2.41. The molecule has 8 nitrogen and oxygen atoms in total. The molecule has 1 N–H and O–H groups in total. The minimum atomic E-state index is -1.39. The number of hydrogen-bond donors (Lipinski definition) is 1. The second-order valence-electron chi connectivity index (χ2n) is 4.54. The van der Waals surface area contributed by atoms with E-state index in [-0.39, 0.29) is 5.75 Å². The summed E-state index contributed by atoms with van der Waals surface area (Å²) in [6.07, 6.45) is 2.13. The molecule has 0 atom stereocenters. The first-order chi connectivity index (χ1) is 10.0. The summed E-state index contributed by atoms with van der Waals surface area (Å²) in [5.74, 6) is -0.0833. The molecule has 0 saturated heterocycles. The van der Waals surface area contributed by atoms with Crippen molar-refractivity contribution in [2.75, 3.05) is 0 Å². The molecule has 1 fully saturated rings. The summed E-state index contributed by atoms with van der Waals surface area (Å²) in [5.41, 5.74) is -0.907. The van der Waals surface area contributed by atoms with Crippen LogP contribution >= 0.6 is 11.5 Å². The van der Waals surface area contributed by atoms with E-state index in [9.17, 15) is 14.9 Å². The van der Waals surface area contributed by atoms with Gasteiger partial charge in [0.15, 0.2) is 0 Å². The first-order valence-electron chi connectivity index (χ1n) is 6.08. The Morgan fingerprint density at radius 3 is 2.86 bits per heavy atom. The average molecular weight is 307 g/mol. The number of aromatic carboxylic acids is 1. The van der Waals surface area contributed by atoms with Crippen LogP contribution in [0.3, 0.4) is 0 Å². The number of nitro groups is 1. The molecule has 1 saturated carbocycles. The second kappa shape index (κ2) is 5.09. The molecule has 21 heavy (non-hydrogen) atoms. The summed E-state index contributed by atoms with van der Waals surface area (Å²) >= 11 is 1.07. The molecule has 0 amide bonds. The maximum absolute atomic E-state index is 11.0. The molecule has 0 unspecified atom stereocenters. The number of aromatic nitrogens is 2. The normalized spacial score (nSPS) is 13.9. The van der Waals surface area contributed by atoms with Crippen molar-refractivity contribution in [1.29, 1.82) is 0 Å². The lowest BCUT2D eigenvalue weighted by molar-refractivity contribution is -0.385. The van der Waals surface area contributed by atoms with Crippen molar-refractivity contribution in [3.63, 3.8) is 0 Å². The number of rotatable bonds is 5. The van der Waals surface area contributed by atoms with E-state index >= 15 is 0 Å². The fraction of sp³-hybridized carbons (Fsp3) is 0.250. The molecule has 0 aliphatic heterocycles. The fourth-order valence-electron chi connectivity index (χ4n) is 1.78. The number of benzene rings is 1. The number of carboxylic acid groups (broad SMARTS) is 1. The van der Waals surface area contributed by atoms with Crippen LogP contribution in [0.5, 0.6) is 10.9 Å². The van der Waals surface area contributed by atoms with E-state index in [2.05, 4.69) is 9.36 Å². The lowest BCUT2D eigenvalue weighted by atomic mass is 10.2. The summed E-state index contributed by atoms with van der Waals surface area (Å²) in [4.78, 5) is 25.3. The molecule has 0 bridgehead atoms. The van der Waals surface area contributed by atoms with E-state index in [0.717, 1.165) is 42.3 Å². The molecule has 1 aliphatic carbocycles. The monoisotopic (exact) mass is 307 g/mol. The molecule has 0 spiro atoms. The van der Waals surface area contributed by atoms with E-state index in [1.165, 1.54) is 6.07 Å². The Hall–Kier alpha value is -2.55. The van der Waals surface area contributed by atoms with Crippen molar-refractivity contribution in [1.82, 2.24) is 9.36 Å². The van der Waals surface area contributed by atoms with Crippen LogP contribution in [0.15, 0.2) is 18.2 Å². The number of hydrogen-bond acceptors (Lipinski definition) is 7. The zero-order valence-electron chi connectivity index (χ0n) is 10.6. The Bertz CT molecular complexity index is 725. The summed E-state index contributed by atoms with van der Waals surface area (Å²) in [5, 5.41) is 20.1. The van der Waals surface area contributed by atoms with Gasteiger partial charge in [-0.05, 0) is 18.9 Å². The van der Waals surface area contributed by atoms with Gasteiger partial charge in [-0.2, -0.15) is 9.36 Å². The maximum atomic E-state index is 11.0. The van der Waals surface area contributed by atoms with Gasteiger partial charge < -0.3 is 9.84 Å². The number of nitrogens with zero attached hydrogens (tertiary/aromatic N) is 3. The van der Waals surface area contributed by atoms with E-state index < -0.39 is 22.1 Å². The minimum absolute atomic E-state index is 0.177. The van der Waals surface area contributed by atoms with Crippen LogP contribution in [0.1, 0.15) is 34.9 Å². The van der Waals surface area contributed by atoms with Crippen molar-refractivity contribution in [3.05, 3.63) is 39.7 Å². The van der Waals surface area contributed by atoms with Gasteiger partial charge in [0, 0.05) is 29.6 Å². The molecule has 1 aromatic carbocycles. The average Bonchev–Trinajstić information content (AvgIpc) is 3.19. The zero-order chi connectivity index (χ0) is 15.0. The molecule has 3 rings (SSSR count). The molecular formula is C12H9N3O5S. The number of nitro benzene ring substituents is 1. The van der Waals surface area contributed by atoms with Crippen LogP contribution in [0, 0.1) is 10.1 Å². The van der Waals surface area contributed by atoms with Crippen molar-refractivity contribution in [3.8, 4) is 10.9 Å². The molecular weight excluding hydrogens is 298 g/mol. The van der Waals surface area contributed by atoms with Crippen molar-refractivity contribution >= 4 is 23.2 Å². The van der Waals surface area contributed by atoms with Gasteiger partial charge in [-0.15, -0.1) is 0 Å². The summed E-state index contributed by atoms with van der Waals surface area (Å²) < 4.78 is 9.58. The van der Waals surface area contributed by atoms with Crippen LogP contribution in [0.2, 0.25) is 0 Å². The predicted octanol–water partition coefficient (Wildman–Crippen LogP) is 2.81. The quantitative estimate of drug-likeness (QED) is 0.666. The summed E-state index contributed by atoms with van der Waals surface area (Å²) in [7, 11) is 0. The Morgan fingerprint density at radius 1 is 1.48 bits per heavy atom. The highest BCUT2D eigenvalue weighted by Crippen LogP contribution is 2.40. The highest BCUT2D eigenvalue weighted by atomic mass is 32.1. The first-order valence-corrected chi connectivity index (χ1v) is 6.85. The lowest BCUT2D eigenvalue weighted by Gasteiger charge is -2.03. The van der Waals surface area contributed by atoms with Gasteiger partial charge in [0.1, 0.15) is 17.1 Å². The Labute approximate surface area is 122 Å². The topological polar surface area (TPSA) is 115 Å². The van der Waals surface area contributed by atoms with Gasteiger partial charge >= 0.3 is 5.97 Å². The predicted molar refractivity (Wildman–Crippen MR) is 72.0 cm³/mol. The Morgan fingerprint density at radius 2 is 2.24 bits per heavy atom. The third kappa shape index (κ3) is 2.82. The van der Waals surface area contributed by atoms with Crippen molar-refractivity contribution in [2.45, 2.75) is 18.8 Å². The van der Waals surface area contributed by atoms with Crippen molar-refractivity contribution in [2.24, 2.45) is 0 Å². The van der Waals surface area contributed by atoms with Crippen molar-refractivity contribution < 1.29 is 19.6 Å². The van der Waals surface area contributed by atoms with Gasteiger partial charge in [-0.25, -0.2) is 4.79 Å². The van der Waals surface area contributed by atoms with Crippen LogP contribution in [-0.2, 0) is 0 Å². The molecule has 9 heteroatoms. The molecule has 2 aromatic rings. The Kier molecular flexibility index (Phi) is 3.26. The zero-order valence-corrected chi connectivity index (χ0v) is 11.4. The number of ether oxygens (including phenoxy) is 1. The number of carboxylic acids is 1. The second-order valence-corrected chi connectivity index (χ2v) is 5.25. The van der Waals surface area contributed by atoms with E-state index in [0.29, 0.717) is 11.1 Å². The summed E-state index contributed by atoms with van der Waals surface area (Å²) in [6, 6.07) is 3.54. The van der Waals surface area contributed by atoms with Crippen LogP contribution in [-0.4, -0.2) is 25.4 Å². The van der Waals surface area contributed by atoms with Gasteiger partial charge in [-0.3, -0.25) is 10.1 Å². The third-order valence-corrected chi connectivity index (χ3v) is 3.58. The van der Waals surface area contributed by atoms with Gasteiger partial charge in [0.25, 0.3) is 10.9 Å². The Balaban J connectivity index is 1.85. The maximum Gasteiger partial charge on any atom is 0.342 e. The minimum Gasteiger partial charge on any atom is -0.477 e. The van der Waals surface area contributed by atoms with Gasteiger partial charge in [-0.1, -0.05) is 0 Å².